The van der Waals surface area contributed by atoms with Gasteiger partial charge in [0.1, 0.15) is 0 Å². The smallest absolute Gasteiger partial charge is 0.251 e. The number of hydrogen-bond donors (Lipinski definition) is 3. The summed E-state index contributed by atoms with van der Waals surface area (Å²) in [4.78, 5) is 11.5. The third-order valence-electron chi connectivity index (χ3n) is 3.17. The Morgan fingerprint density at radius 1 is 1.39 bits per heavy atom. The van der Waals surface area contributed by atoms with Crippen molar-refractivity contribution in [2.24, 2.45) is 0 Å². The quantitative estimate of drug-likeness (QED) is 0.564. The van der Waals surface area contributed by atoms with Crippen LogP contribution in [0.3, 0.4) is 0 Å². The summed E-state index contributed by atoms with van der Waals surface area (Å²) in [7, 11) is 1.61. The maximum atomic E-state index is 11.5. The van der Waals surface area contributed by atoms with Gasteiger partial charge in [0.2, 0.25) is 0 Å². The number of carbonyl (C=O) groups excluding carboxylic acids is 1. The van der Waals surface area contributed by atoms with Crippen molar-refractivity contribution in [2.75, 3.05) is 18.1 Å². The van der Waals surface area contributed by atoms with E-state index in [4.69, 9.17) is 5.73 Å². The maximum Gasteiger partial charge on any atom is 0.251 e. The molecule has 96 valence electrons. The summed E-state index contributed by atoms with van der Waals surface area (Å²) in [5, 5.41) is 6.01. The van der Waals surface area contributed by atoms with E-state index >= 15 is 0 Å². The normalized spacial score (nSPS) is 18.4. The number of nitrogens with one attached hydrogen (secondary N) is 2. The van der Waals surface area contributed by atoms with E-state index in [9.17, 15) is 4.79 Å². The van der Waals surface area contributed by atoms with Gasteiger partial charge in [-0.2, -0.15) is 0 Å². The van der Waals surface area contributed by atoms with E-state index in [0.29, 0.717) is 17.3 Å². The number of carbonyl (C=O) groups is 1. The van der Waals surface area contributed by atoms with Gasteiger partial charge in [-0.3, -0.25) is 4.79 Å². The van der Waals surface area contributed by atoms with Gasteiger partial charge in [-0.25, -0.2) is 0 Å². The van der Waals surface area contributed by atoms with Crippen molar-refractivity contribution in [3.63, 3.8) is 0 Å². The SMILES string of the molecule is CNC(=O)c1ccc(NC2CC=CCC2)c(N)c1. The van der Waals surface area contributed by atoms with Gasteiger partial charge in [0.15, 0.2) is 0 Å². The number of nitrogens with two attached hydrogens (primary N) is 1. The van der Waals surface area contributed by atoms with Gasteiger partial charge in [0.25, 0.3) is 5.91 Å². The topological polar surface area (TPSA) is 67.2 Å². The Labute approximate surface area is 107 Å². The molecule has 0 aliphatic heterocycles. The Bertz CT molecular complexity index is 468. The highest BCUT2D eigenvalue weighted by atomic mass is 16.1. The summed E-state index contributed by atoms with van der Waals surface area (Å²) >= 11 is 0. The Kier molecular flexibility index (Phi) is 3.87. The Morgan fingerprint density at radius 3 is 2.83 bits per heavy atom. The standard InChI is InChI=1S/C14H19N3O/c1-16-14(18)10-7-8-13(12(15)9-10)17-11-5-3-2-4-6-11/h2-3,7-9,11,17H,4-6,15H2,1H3,(H,16,18). The fraction of sp³-hybridized carbons (Fsp3) is 0.357. The molecule has 1 aromatic rings. The maximum absolute atomic E-state index is 11.5. The Hall–Kier alpha value is -1.97. The van der Waals surface area contributed by atoms with E-state index in [-0.39, 0.29) is 5.91 Å². The Balaban J connectivity index is 2.09. The lowest BCUT2D eigenvalue weighted by atomic mass is 10.0. The molecule has 18 heavy (non-hydrogen) atoms. The lowest BCUT2D eigenvalue weighted by Crippen LogP contribution is -2.21. The molecule has 2 rings (SSSR count). The van der Waals surface area contributed by atoms with Gasteiger partial charge in [0.05, 0.1) is 11.4 Å². The second-order valence-corrected chi connectivity index (χ2v) is 4.51. The summed E-state index contributed by atoms with van der Waals surface area (Å²) in [5.74, 6) is -0.117. The van der Waals surface area contributed by atoms with Crippen molar-refractivity contribution in [3.05, 3.63) is 35.9 Å². The number of benzene rings is 1. The van der Waals surface area contributed by atoms with Crippen LogP contribution in [-0.2, 0) is 0 Å². The van der Waals surface area contributed by atoms with E-state index < -0.39 is 0 Å². The molecule has 0 bridgehead atoms. The number of amides is 1. The van der Waals surface area contributed by atoms with Crippen LogP contribution in [0.1, 0.15) is 29.6 Å². The van der Waals surface area contributed by atoms with Crippen molar-refractivity contribution < 1.29 is 4.79 Å². The van der Waals surface area contributed by atoms with Crippen molar-refractivity contribution in [1.29, 1.82) is 0 Å². The van der Waals surface area contributed by atoms with Crippen LogP contribution in [-0.4, -0.2) is 19.0 Å². The van der Waals surface area contributed by atoms with Gasteiger partial charge in [-0.1, -0.05) is 12.2 Å². The highest BCUT2D eigenvalue weighted by Crippen LogP contribution is 2.23. The molecule has 4 N–H and O–H groups in total. The zero-order valence-corrected chi connectivity index (χ0v) is 10.6. The van der Waals surface area contributed by atoms with Crippen LogP contribution in [0.4, 0.5) is 11.4 Å². The molecule has 0 spiro atoms. The molecule has 1 atom stereocenters. The summed E-state index contributed by atoms with van der Waals surface area (Å²) < 4.78 is 0. The van der Waals surface area contributed by atoms with Crippen LogP contribution in [0.15, 0.2) is 30.4 Å². The minimum atomic E-state index is -0.117. The number of hydrogen-bond acceptors (Lipinski definition) is 3. The molecular weight excluding hydrogens is 226 g/mol. The first kappa shape index (κ1) is 12.5. The molecule has 4 heteroatoms. The average Bonchev–Trinajstić information content (AvgIpc) is 2.41. The molecule has 0 radical (unpaired) electrons. The molecule has 1 aliphatic rings. The van der Waals surface area contributed by atoms with E-state index in [1.807, 2.05) is 6.07 Å². The molecule has 0 fully saturated rings. The van der Waals surface area contributed by atoms with Gasteiger partial charge >= 0.3 is 0 Å². The second kappa shape index (κ2) is 5.58. The predicted octanol–water partition coefficient (Wildman–Crippen LogP) is 2.15. The minimum absolute atomic E-state index is 0.117. The second-order valence-electron chi connectivity index (χ2n) is 4.51. The fourth-order valence-corrected chi connectivity index (χ4v) is 2.12. The average molecular weight is 245 g/mol. The van der Waals surface area contributed by atoms with Crippen LogP contribution >= 0.6 is 0 Å². The van der Waals surface area contributed by atoms with Gasteiger partial charge < -0.3 is 16.4 Å². The lowest BCUT2D eigenvalue weighted by molar-refractivity contribution is 0.0963. The monoisotopic (exact) mass is 245 g/mol. The van der Waals surface area contributed by atoms with E-state index in [1.54, 1.807) is 19.2 Å². The molecule has 1 unspecified atom stereocenters. The summed E-state index contributed by atoms with van der Waals surface area (Å²) in [6, 6.07) is 5.80. The zero-order chi connectivity index (χ0) is 13.0. The first-order valence-corrected chi connectivity index (χ1v) is 6.24. The van der Waals surface area contributed by atoms with Crippen molar-refractivity contribution in [3.8, 4) is 0 Å². The molecule has 1 aromatic carbocycles. The lowest BCUT2D eigenvalue weighted by Gasteiger charge is -2.21. The highest BCUT2D eigenvalue weighted by molar-refractivity contribution is 5.95. The van der Waals surface area contributed by atoms with Crippen LogP contribution in [0, 0.1) is 0 Å². The molecule has 0 saturated carbocycles. The summed E-state index contributed by atoms with van der Waals surface area (Å²) in [5.41, 5.74) is 8.08. The number of nitrogen functional groups attached to an aromatic ring is 1. The number of rotatable bonds is 3. The van der Waals surface area contributed by atoms with E-state index in [2.05, 4.69) is 22.8 Å². The molecule has 0 heterocycles. The molecule has 1 aliphatic carbocycles. The molecular formula is C14H19N3O. The minimum Gasteiger partial charge on any atom is -0.397 e. The third kappa shape index (κ3) is 2.83. The molecule has 1 amide bonds. The Morgan fingerprint density at radius 2 is 2.22 bits per heavy atom. The highest BCUT2D eigenvalue weighted by Gasteiger charge is 2.12. The van der Waals surface area contributed by atoms with Crippen LogP contribution in [0.2, 0.25) is 0 Å². The van der Waals surface area contributed by atoms with Gasteiger partial charge in [0, 0.05) is 18.7 Å². The van der Waals surface area contributed by atoms with Gasteiger partial charge in [-0.15, -0.1) is 0 Å². The summed E-state index contributed by atoms with van der Waals surface area (Å²) in [6.07, 6.45) is 7.64. The fourth-order valence-electron chi connectivity index (χ4n) is 2.12. The van der Waals surface area contributed by atoms with Crippen molar-refractivity contribution in [2.45, 2.75) is 25.3 Å². The molecule has 4 nitrogen and oxygen atoms in total. The molecule has 0 saturated heterocycles. The number of allylic oxidation sites excluding steroid dienone is 1. The largest absolute Gasteiger partial charge is 0.397 e. The van der Waals surface area contributed by atoms with E-state index in [0.717, 1.165) is 24.9 Å². The van der Waals surface area contributed by atoms with Crippen molar-refractivity contribution >= 4 is 17.3 Å². The predicted molar refractivity (Wildman–Crippen MR) is 74.6 cm³/mol. The van der Waals surface area contributed by atoms with Crippen LogP contribution < -0.4 is 16.4 Å². The van der Waals surface area contributed by atoms with Crippen LogP contribution in [0.25, 0.3) is 0 Å². The van der Waals surface area contributed by atoms with Gasteiger partial charge in [-0.05, 0) is 37.5 Å². The first-order valence-electron chi connectivity index (χ1n) is 6.24. The number of anilines is 2. The summed E-state index contributed by atoms with van der Waals surface area (Å²) in [6.45, 7) is 0. The van der Waals surface area contributed by atoms with Crippen molar-refractivity contribution in [1.82, 2.24) is 5.32 Å². The third-order valence-corrected chi connectivity index (χ3v) is 3.17. The molecule has 0 aromatic heterocycles. The van der Waals surface area contributed by atoms with E-state index in [1.165, 1.54) is 0 Å². The first-order chi connectivity index (χ1) is 8.70. The van der Waals surface area contributed by atoms with Crippen LogP contribution in [0.5, 0.6) is 0 Å². The zero-order valence-electron chi connectivity index (χ0n) is 10.6.